The van der Waals surface area contributed by atoms with Crippen LogP contribution in [0.2, 0.25) is 10.0 Å². The predicted octanol–water partition coefficient (Wildman–Crippen LogP) is 4.16. The molecule has 0 aliphatic carbocycles. The van der Waals surface area contributed by atoms with Crippen LogP contribution in [0.3, 0.4) is 0 Å². The van der Waals surface area contributed by atoms with Crippen LogP contribution in [0.15, 0.2) is 41.2 Å². The van der Waals surface area contributed by atoms with Crippen LogP contribution in [-0.2, 0) is 13.0 Å². The summed E-state index contributed by atoms with van der Waals surface area (Å²) in [6, 6.07) is 10.7. The Morgan fingerprint density at radius 2 is 2.00 bits per heavy atom. The molecule has 0 aliphatic rings. The topological polar surface area (TPSA) is 65.7 Å². The van der Waals surface area contributed by atoms with Gasteiger partial charge < -0.3 is 9.47 Å². The summed E-state index contributed by atoms with van der Waals surface area (Å²) in [6.07, 6.45) is 2.48. The molecule has 0 saturated heterocycles. The van der Waals surface area contributed by atoms with Crippen LogP contribution in [0.25, 0.3) is 11.0 Å². The van der Waals surface area contributed by atoms with Crippen LogP contribution < -0.4 is 19.6 Å². The first-order valence-corrected chi connectivity index (χ1v) is 10.7. The molecule has 0 radical (unpaired) electrons. The van der Waals surface area contributed by atoms with Crippen molar-refractivity contribution in [3.8, 4) is 11.5 Å². The number of benzene rings is 2. The predicted molar refractivity (Wildman–Crippen MR) is 119 cm³/mol. The van der Waals surface area contributed by atoms with E-state index in [0.717, 1.165) is 11.1 Å². The molecule has 0 atom stereocenters. The molecule has 0 bridgehead atoms. The Kier molecular flexibility index (Phi) is 5.94. The van der Waals surface area contributed by atoms with Crippen molar-refractivity contribution in [2.75, 3.05) is 7.11 Å². The van der Waals surface area contributed by atoms with E-state index in [-0.39, 0.29) is 12.2 Å². The molecule has 6 nitrogen and oxygen atoms in total. The second-order valence-corrected chi connectivity index (χ2v) is 8.28. The zero-order valence-electron chi connectivity index (χ0n) is 16.2. The minimum Gasteiger partial charge on any atom is -0.493 e. The van der Waals surface area contributed by atoms with Gasteiger partial charge in [0.15, 0.2) is 17.3 Å². The van der Waals surface area contributed by atoms with E-state index < -0.39 is 0 Å². The minimum atomic E-state index is -0.182. The average Bonchev–Trinajstić information content (AvgIpc) is 3.27. The van der Waals surface area contributed by atoms with Gasteiger partial charge in [-0.2, -0.15) is 4.52 Å². The van der Waals surface area contributed by atoms with Gasteiger partial charge in [0.2, 0.25) is 4.96 Å². The highest BCUT2D eigenvalue weighted by atomic mass is 35.5. The summed E-state index contributed by atoms with van der Waals surface area (Å²) in [7, 11) is 1.57. The molecule has 154 valence electrons. The number of nitrogens with zero attached hydrogens (tertiary/aromatic N) is 3. The molecule has 2 aromatic heterocycles. The Hall–Kier alpha value is -2.61. The second-order valence-electron chi connectivity index (χ2n) is 6.43. The molecule has 4 rings (SSSR count). The molecule has 0 spiro atoms. The number of halogens is 2. The zero-order chi connectivity index (χ0) is 21.3. The van der Waals surface area contributed by atoms with Crippen LogP contribution >= 0.6 is 34.5 Å². The molecule has 2 heterocycles. The lowest BCUT2D eigenvalue weighted by atomic mass is 10.2. The standard InChI is InChI=1S/C21H17Cl2N3O3S/c1-3-19-24-21-26(25-19)20(27)18(30-21)9-12-4-7-16(17(8-12)28-2)29-11-13-5-6-14(22)10-15(13)23/h4-10H,3,11H2,1-2H3/b18-9-. The van der Waals surface area contributed by atoms with E-state index in [2.05, 4.69) is 10.1 Å². The van der Waals surface area contributed by atoms with Gasteiger partial charge in [-0.15, -0.1) is 5.10 Å². The first kappa shape index (κ1) is 20.7. The molecule has 0 amide bonds. The first-order chi connectivity index (χ1) is 14.5. The molecule has 0 aliphatic heterocycles. The summed E-state index contributed by atoms with van der Waals surface area (Å²) in [5.41, 5.74) is 1.44. The number of methoxy groups -OCH3 is 1. The Morgan fingerprint density at radius 1 is 1.17 bits per heavy atom. The van der Waals surface area contributed by atoms with Crippen molar-refractivity contribution >= 4 is 45.6 Å². The maximum Gasteiger partial charge on any atom is 0.291 e. The lowest BCUT2D eigenvalue weighted by Gasteiger charge is -2.12. The first-order valence-electron chi connectivity index (χ1n) is 9.13. The molecule has 4 aromatic rings. The van der Waals surface area contributed by atoms with Crippen LogP contribution in [0.1, 0.15) is 23.9 Å². The average molecular weight is 462 g/mol. The van der Waals surface area contributed by atoms with Gasteiger partial charge in [0.05, 0.1) is 11.6 Å². The van der Waals surface area contributed by atoms with Gasteiger partial charge in [-0.05, 0) is 35.9 Å². The minimum absolute atomic E-state index is 0.182. The van der Waals surface area contributed by atoms with Gasteiger partial charge in [-0.1, -0.05) is 53.6 Å². The molecular formula is C21H17Cl2N3O3S. The summed E-state index contributed by atoms with van der Waals surface area (Å²) >= 11 is 13.4. The highest BCUT2D eigenvalue weighted by Crippen LogP contribution is 2.30. The number of ether oxygens (including phenoxy) is 2. The largest absolute Gasteiger partial charge is 0.493 e. The van der Waals surface area contributed by atoms with E-state index in [1.54, 1.807) is 31.4 Å². The van der Waals surface area contributed by atoms with E-state index in [9.17, 15) is 4.79 Å². The molecule has 9 heteroatoms. The maximum atomic E-state index is 12.6. The third kappa shape index (κ3) is 4.14. The van der Waals surface area contributed by atoms with E-state index in [1.807, 2.05) is 25.1 Å². The Morgan fingerprint density at radius 3 is 2.70 bits per heavy atom. The third-order valence-electron chi connectivity index (χ3n) is 4.43. The number of aryl methyl sites for hydroxylation is 1. The summed E-state index contributed by atoms with van der Waals surface area (Å²) < 4.78 is 13.2. The maximum absolute atomic E-state index is 12.6. The highest BCUT2D eigenvalue weighted by Gasteiger charge is 2.11. The van der Waals surface area contributed by atoms with Crippen LogP contribution in [0, 0.1) is 0 Å². The molecule has 30 heavy (non-hydrogen) atoms. The monoisotopic (exact) mass is 461 g/mol. The van der Waals surface area contributed by atoms with Crippen LogP contribution in [0.5, 0.6) is 11.5 Å². The van der Waals surface area contributed by atoms with Gasteiger partial charge in [0.1, 0.15) is 6.61 Å². The fourth-order valence-corrected chi connectivity index (χ4v) is 4.25. The quantitative estimate of drug-likeness (QED) is 0.431. The molecule has 0 fully saturated rings. The Bertz CT molecular complexity index is 1330. The number of hydrogen-bond donors (Lipinski definition) is 0. The fraction of sp³-hybridized carbons (Fsp3) is 0.190. The van der Waals surface area contributed by atoms with Crippen molar-refractivity contribution in [1.29, 1.82) is 0 Å². The van der Waals surface area contributed by atoms with E-state index in [1.165, 1.54) is 15.9 Å². The summed E-state index contributed by atoms with van der Waals surface area (Å²) in [4.78, 5) is 17.5. The zero-order valence-corrected chi connectivity index (χ0v) is 18.5. The van der Waals surface area contributed by atoms with Gasteiger partial charge >= 0.3 is 0 Å². The lowest BCUT2D eigenvalue weighted by Crippen LogP contribution is -2.23. The summed E-state index contributed by atoms with van der Waals surface area (Å²) in [5, 5.41) is 5.34. The van der Waals surface area contributed by atoms with Crippen molar-refractivity contribution in [2.24, 2.45) is 0 Å². The molecule has 0 N–H and O–H groups in total. The number of fused-ring (bicyclic) bond motifs is 1. The van der Waals surface area contributed by atoms with Gasteiger partial charge in [-0.3, -0.25) is 4.79 Å². The van der Waals surface area contributed by atoms with Crippen LogP contribution in [-0.4, -0.2) is 21.7 Å². The van der Waals surface area contributed by atoms with E-state index in [0.29, 0.717) is 43.3 Å². The van der Waals surface area contributed by atoms with Gasteiger partial charge in [-0.25, -0.2) is 4.98 Å². The van der Waals surface area contributed by atoms with E-state index in [4.69, 9.17) is 32.7 Å². The second kappa shape index (κ2) is 8.63. The normalized spacial score (nSPS) is 11.9. The number of aromatic nitrogens is 3. The van der Waals surface area contributed by atoms with Crippen molar-refractivity contribution in [2.45, 2.75) is 20.0 Å². The third-order valence-corrected chi connectivity index (χ3v) is 5.97. The van der Waals surface area contributed by atoms with E-state index >= 15 is 0 Å². The molecule has 0 saturated carbocycles. The van der Waals surface area contributed by atoms with Crippen LogP contribution in [0.4, 0.5) is 0 Å². The Labute approximate surface area is 186 Å². The number of thiazole rings is 1. The lowest BCUT2D eigenvalue weighted by molar-refractivity contribution is 0.284. The summed E-state index contributed by atoms with van der Waals surface area (Å²) in [5.74, 6) is 1.78. The summed E-state index contributed by atoms with van der Waals surface area (Å²) in [6.45, 7) is 2.22. The molecular weight excluding hydrogens is 445 g/mol. The van der Waals surface area contributed by atoms with Crippen molar-refractivity contribution in [1.82, 2.24) is 14.6 Å². The van der Waals surface area contributed by atoms with Gasteiger partial charge in [0, 0.05) is 22.0 Å². The highest BCUT2D eigenvalue weighted by molar-refractivity contribution is 7.15. The molecule has 0 unspecified atom stereocenters. The smallest absolute Gasteiger partial charge is 0.291 e. The van der Waals surface area contributed by atoms with Crippen molar-refractivity contribution in [3.63, 3.8) is 0 Å². The molecule has 2 aromatic carbocycles. The number of rotatable bonds is 6. The fourth-order valence-electron chi connectivity index (χ4n) is 2.86. The van der Waals surface area contributed by atoms with Crippen molar-refractivity contribution in [3.05, 3.63) is 78.3 Å². The Balaban J connectivity index is 1.60. The van der Waals surface area contributed by atoms with Gasteiger partial charge in [0.25, 0.3) is 5.56 Å². The van der Waals surface area contributed by atoms with Crippen molar-refractivity contribution < 1.29 is 9.47 Å². The number of hydrogen-bond acceptors (Lipinski definition) is 6. The SMILES string of the molecule is CCc1nc2s/c(=C\c3ccc(OCc4ccc(Cl)cc4Cl)c(OC)c3)c(=O)n2n1.